The average Bonchev–Trinajstić information content (AvgIpc) is 2.91. The number of methoxy groups -OCH3 is 1. The number of carbonyl (C=O) groups excluding carboxylic acids is 1. The first-order valence-corrected chi connectivity index (χ1v) is 14.8. The van der Waals surface area contributed by atoms with E-state index in [2.05, 4.69) is 5.32 Å². The normalized spacial score (nSPS) is 16.5. The second-order valence-corrected chi connectivity index (χ2v) is 12.4. The lowest BCUT2D eigenvalue weighted by Crippen LogP contribution is -2.51. The molecule has 0 saturated heterocycles. The molecule has 7 nitrogen and oxygen atoms in total. The number of aliphatic hydroxyl groups is 1. The van der Waals surface area contributed by atoms with Crippen LogP contribution in [0.1, 0.15) is 57.9 Å². The van der Waals surface area contributed by atoms with Gasteiger partial charge in [0.05, 0.1) is 24.2 Å². The van der Waals surface area contributed by atoms with Gasteiger partial charge in [-0.25, -0.2) is 8.42 Å². The third-order valence-electron chi connectivity index (χ3n) is 7.01. The van der Waals surface area contributed by atoms with Gasteiger partial charge >= 0.3 is 0 Å². The molecule has 2 atom stereocenters. The van der Waals surface area contributed by atoms with E-state index in [1.807, 2.05) is 44.2 Å². The monoisotopic (exact) mass is 530 g/mol. The zero-order valence-electron chi connectivity index (χ0n) is 22.3. The van der Waals surface area contributed by atoms with E-state index in [1.165, 1.54) is 23.5 Å². The number of aliphatic hydroxyl groups excluding tert-OH is 1. The summed E-state index contributed by atoms with van der Waals surface area (Å²) in [6.07, 6.45) is 5.08. The maximum Gasteiger partial charge on any atom is 0.243 e. The van der Waals surface area contributed by atoms with Gasteiger partial charge in [0.15, 0.2) is 0 Å². The zero-order chi connectivity index (χ0) is 26.8. The van der Waals surface area contributed by atoms with Crippen LogP contribution in [0.15, 0.2) is 59.5 Å². The van der Waals surface area contributed by atoms with E-state index in [4.69, 9.17) is 4.74 Å². The van der Waals surface area contributed by atoms with Gasteiger partial charge in [0.1, 0.15) is 5.75 Å². The van der Waals surface area contributed by atoms with E-state index in [1.54, 1.807) is 12.1 Å². The van der Waals surface area contributed by atoms with Crippen LogP contribution in [0.4, 0.5) is 0 Å². The molecule has 1 amide bonds. The number of benzene rings is 2. The average molecular weight is 531 g/mol. The molecule has 37 heavy (non-hydrogen) atoms. The minimum atomic E-state index is -3.86. The van der Waals surface area contributed by atoms with Gasteiger partial charge in [-0.3, -0.25) is 4.79 Å². The van der Waals surface area contributed by atoms with Crippen LogP contribution >= 0.6 is 0 Å². The largest absolute Gasteiger partial charge is 0.497 e. The lowest BCUT2D eigenvalue weighted by atomic mass is 9.88. The van der Waals surface area contributed by atoms with E-state index in [0.717, 1.165) is 37.7 Å². The summed E-state index contributed by atoms with van der Waals surface area (Å²) in [7, 11) is -2.33. The van der Waals surface area contributed by atoms with E-state index in [9.17, 15) is 18.3 Å². The van der Waals surface area contributed by atoms with E-state index in [-0.39, 0.29) is 35.7 Å². The van der Waals surface area contributed by atoms with Crippen LogP contribution in [0.5, 0.6) is 5.75 Å². The highest BCUT2D eigenvalue weighted by molar-refractivity contribution is 7.89. The molecule has 1 fully saturated rings. The molecule has 204 valence electrons. The van der Waals surface area contributed by atoms with Crippen LogP contribution in [-0.4, -0.2) is 56.1 Å². The molecule has 8 heteroatoms. The summed E-state index contributed by atoms with van der Waals surface area (Å²) >= 11 is 0. The topological polar surface area (TPSA) is 95.9 Å². The summed E-state index contributed by atoms with van der Waals surface area (Å²) in [5.41, 5.74) is 1.11. The van der Waals surface area contributed by atoms with Gasteiger partial charge in [-0.1, -0.05) is 63.4 Å². The Morgan fingerprint density at radius 2 is 1.68 bits per heavy atom. The molecule has 1 aliphatic carbocycles. The van der Waals surface area contributed by atoms with Gasteiger partial charge in [-0.15, -0.1) is 0 Å². The maximum absolute atomic E-state index is 13.6. The summed E-state index contributed by atoms with van der Waals surface area (Å²) in [5, 5.41) is 14.5. The maximum atomic E-state index is 13.6. The Hall–Kier alpha value is -2.42. The number of amides is 1. The lowest BCUT2D eigenvalue weighted by molar-refractivity contribution is -0.127. The summed E-state index contributed by atoms with van der Waals surface area (Å²) < 4.78 is 33.6. The predicted molar refractivity (Wildman–Crippen MR) is 146 cm³/mol. The first-order valence-electron chi connectivity index (χ1n) is 13.4. The highest BCUT2D eigenvalue weighted by atomic mass is 32.2. The quantitative estimate of drug-likeness (QED) is 0.400. The number of aryl methyl sites for hydroxylation is 1. The molecule has 0 bridgehead atoms. The number of rotatable bonds is 13. The van der Waals surface area contributed by atoms with Crippen molar-refractivity contribution in [2.24, 2.45) is 11.8 Å². The number of hydrogen-bond donors (Lipinski definition) is 2. The second-order valence-electron chi connectivity index (χ2n) is 10.4. The fourth-order valence-corrected chi connectivity index (χ4v) is 6.53. The van der Waals surface area contributed by atoms with Gasteiger partial charge in [-0.2, -0.15) is 4.31 Å². The molecule has 3 rings (SSSR count). The molecule has 0 unspecified atom stereocenters. The molecule has 0 radical (unpaired) electrons. The van der Waals surface area contributed by atoms with Gasteiger partial charge < -0.3 is 15.2 Å². The Labute approximate surface area is 222 Å². The fraction of sp³-hybridized carbons (Fsp3) is 0.552. The van der Waals surface area contributed by atoms with E-state index >= 15 is 0 Å². The minimum absolute atomic E-state index is 0.0368. The van der Waals surface area contributed by atoms with E-state index < -0.39 is 22.2 Å². The number of carbonyl (C=O) groups is 1. The molecule has 2 aromatic carbocycles. The van der Waals surface area contributed by atoms with Crippen LogP contribution in [0, 0.1) is 11.8 Å². The minimum Gasteiger partial charge on any atom is -0.497 e. The number of nitrogens with zero attached hydrogens (tertiary/aromatic N) is 1. The zero-order valence-corrected chi connectivity index (χ0v) is 23.1. The molecular weight excluding hydrogens is 488 g/mol. The van der Waals surface area contributed by atoms with Crippen molar-refractivity contribution in [1.29, 1.82) is 0 Å². The Bertz CT molecular complexity index is 1070. The van der Waals surface area contributed by atoms with Crippen LogP contribution in [0.3, 0.4) is 0 Å². The lowest BCUT2D eigenvalue weighted by Gasteiger charge is -2.32. The van der Waals surface area contributed by atoms with Crippen molar-refractivity contribution in [3.05, 3.63) is 60.2 Å². The molecule has 2 N–H and O–H groups in total. The first kappa shape index (κ1) is 29.1. The Morgan fingerprint density at radius 1 is 1.03 bits per heavy atom. The van der Waals surface area contributed by atoms with Crippen molar-refractivity contribution in [1.82, 2.24) is 9.62 Å². The number of nitrogens with one attached hydrogen (secondary N) is 1. The fourth-order valence-electron chi connectivity index (χ4n) is 4.90. The van der Waals surface area contributed by atoms with Crippen molar-refractivity contribution >= 4 is 15.9 Å². The Kier molecular flexibility index (Phi) is 11.0. The summed E-state index contributed by atoms with van der Waals surface area (Å²) in [5.74, 6) is 0.542. The van der Waals surface area contributed by atoms with Gasteiger partial charge in [-0.05, 0) is 61.4 Å². The molecule has 0 aromatic heterocycles. The summed E-state index contributed by atoms with van der Waals surface area (Å²) in [6, 6.07) is 15.6. The molecule has 2 aromatic rings. The predicted octanol–water partition coefficient (Wildman–Crippen LogP) is 4.40. The highest BCUT2D eigenvalue weighted by Crippen LogP contribution is 2.25. The Morgan fingerprint density at radius 3 is 2.27 bits per heavy atom. The third kappa shape index (κ3) is 8.55. The summed E-state index contributed by atoms with van der Waals surface area (Å²) in [6.45, 7) is 4.05. The number of sulfonamides is 1. The molecule has 1 saturated carbocycles. The molecule has 0 aliphatic heterocycles. The van der Waals surface area contributed by atoms with Gasteiger partial charge in [0.2, 0.25) is 15.9 Å². The SMILES string of the molecule is COc1ccc(S(=O)(=O)N(CC(C)C)C[C@@H](O)[C@H](CCc2ccccc2)NC(=O)C2CCCCC2)cc1. The summed E-state index contributed by atoms with van der Waals surface area (Å²) in [4.78, 5) is 13.2. The molecular formula is C29H42N2O5S. The van der Waals surface area contributed by atoms with Crippen LogP contribution in [-0.2, 0) is 21.2 Å². The van der Waals surface area contributed by atoms with Crippen LogP contribution in [0.25, 0.3) is 0 Å². The molecule has 0 heterocycles. The van der Waals surface area contributed by atoms with Crippen LogP contribution in [0.2, 0.25) is 0 Å². The van der Waals surface area contributed by atoms with Gasteiger partial charge in [0, 0.05) is 19.0 Å². The van der Waals surface area contributed by atoms with E-state index in [0.29, 0.717) is 18.6 Å². The second kappa shape index (κ2) is 13.9. The smallest absolute Gasteiger partial charge is 0.243 e. The van der Waals surface area contributed by atoms with Crippen LogP contribution < -0.4 is 10.1 Å². The third-order valence-corrected chi connectivity index (χ3v) is 8.86. The highest BCUT2D eigenvalue weighted by Gasteiger charge is 2.32. The molecule has 0 spiro atoms. The van der Waals surface area contributed by atoms with Crippen molar-refractivity contribution in [2.45, 2.75) is 75.8 Å². The van der Waals surface area contributed by atoms with Gasteiger partial charge in [0.25, 0.3) is 0 Å². The Balaban J connectivity index is 1.79. The van der Waals surface area contributed by atoms with Crippen molar-refractivity contribution < 1.29 is 23.1 Å². The van der Waals surface area contributed by atoms with Crippen molar-refractivity contribution in [3.63, 3.8) is 0 Å². The standard InChI is InChI=1S/C29H42N2O5S/c1-22(2)20-31(37(34,35)26-17-15-25(36-3)16-18-26)21-28(32)27(19-14-23-10-6-4-7-11-23)30-29(33)24-12-8-5-9-13-24/h4,6-7,10-11,15-18,22,24,27-28,32H,5,8-9,12-14,19-21H2,1-3H3,(H,30,33)/t27-,28+/m0/s1. The van der Waals surface area contributed by atoms with Crippen molar-refractivity contribution in [2.75, 3.05) is 20.2 Å². The number of hydrogen-bond acceptors (Lipinski definition) is 5. The molecule has 1 aliphatic rings. The first-order chi connectivity index (χ1) is 17.7. The number of ether oxygens (including phenoxy) is 1. The van der Waals surface area contributed by atoms with Crippen molar-refractivity contribution in [3.8, 4) is 5.75 Å².